The number of halogens is 1. The van der Waals surface area contributed by atoms with Crippen LogP contribution in [0.4, 0.5) is 4.39 Å². The summed E-state index contributed by atoms with van der Waals surface area (Å²) in [5.41, 5.74) is 1.20. The van der Waals surface area contributed by atoms with Crippen LogP contribution in [0.5, 0.6) is 5.75 Å². The van der Waals surface area contributed by atoms with Crippen molar-refractivity contribution in [2.24, 2.45) is 0 Å². The van der Waals surface area contributed by atoms with Crippen LogP contribution in [-0.2, 0) is 11.2 Å². The number of esters is 1. The highest BCUT2D eigenvalue weighted by molar-refractivity contribution is 6.22. The Balaban J connectivity index is 1.69. The lowest BCUT2D eigenvalue weighted by molar-refractivity contribution is -0.139. The molecule has 1 aliphatic rings. The van der Waals surface area contributed by atoms with E-state index in [1.165, 1.54) is 30.3 Å². The molecule has 0 saturated heterocycles. The largest absolute Gasteiger partial charge is 0.422 e. The SMILES string of the molecule is O=C(Oc1ccccc1F)[C@@H](Cc1ccccc1)N1C(=O)c2ccccc2C1=O. The van der Waals surface area contributed by atoms with Gasteiger partial charge in [0.15, 0.2) is 11.6 Å². The van der Waals surface area contributed by atoms with E-state index < -0.39 is 29.6 Å². The molecule has 1 heterocycles. The van der Waals surface area contributed by atoms with E-state index >= 15 is 0 Å². The van der Waals surface area contributed by atoms with Crippen LogP contribution in [0.2, 0.25) is 0 Å². The lowest BCUT2D eigenvalue weighted by atomic mass is 10.0. The minimum atomic E-state index is -1.23. The van der Waals surface area contributed by atoms with Crippen molar-refractivity contribution in [2.75, 3.05) is 0 Å². The van der Waals surface area contributed by atoms with Crippen LogP contribution in [0, 0.1) is 5.82 Å². The third-order valence-corrected chi connectivity index (χ3v) is 4.73. The fraction of sp³-hybridized carbons (Fsp3) is 0.0870. The summed E-state index contributed by atoms with van der Waals surface area (Å²) < 4.78 is 19.2. The zero-order chi connectivity index (χ0) is 20.4. The first-order valence-electron chi connectivity index (χ1n) is 9.03. The molecular formula is C23H16FNO4. The molecule has 3 aromatic rings. The number of hydrogen-bond donors (Lipinski definition) is 0. The first kappa shape index (κ1) is 18.6. The molecule has 2 amide bonds. The Morgan fingerprint density at radius 1 is 0.828 bits per heavy atom. The van der Waals surface area contributed by atoms with Crippen LogP contribution < -0.4 is 4.74 Å². The lowest BCUT2D eigenvalue weighted by Gasteiger charge is -2.24. The summed E-state index contributed by atoms with van der Waals surface area (Å²) in [4.78, 5) is 39.6. The number of amides is 2. The second-order valence-corrected chi connectivity index (χ2v) is 6.58. The van der Waals surface area contributed by atoms with Gasteiger partial charge in [0.1, 0.15) is 6.04 Å². The number of hydrogen-bond acceptors (Lipinski definition) is 4. The number of rotatable bonds is 5. The van der Waals surface area contributed by atoms with Gasteiger partial charge in [-0.3, -0.25) is 14.5 Å². The van der Waals surface area contributed by atoms with Crippen molar-refractivity contribution < 1.29 is 23.5 Å². The Bertz CT molecular complexity index is 1060. The Morgan fingerprint density at radius 2 is 1.38 bits per heavy atom. The summed E-state index contributed by atoms with van der Waals surface area (Å²) in [6.07, 6.45) is 0.0552. The highest BCUT2D eigenvalue weighted by Crippen LogP contribution is 2.27. The van der Waals surface area contributed by atoms with E-state index in [1.54, 1.807) is 36.4 Å². The zero-order valence-corrected chi connectivity index (χ0v) is 15.2. The van der Waals surface area contributed by atoms with Crippen molar-refractivity contribution in [2.45, 2.75) is 12.5 Å². The second-order valence-electron chi connectivity index (χ2n) is 6.58. The van der Waals surface area contributed by atoms with E-state index in [0.717, 1.165) is 16.5 Å². The van der Waals surface area contributed by atoms with Crippen molar-refractivity contribution >= 4 is 17.8 Å². The molecule has 5 nitrogen and oxygen atoms in total. The van der Waals surface area contributed by atoms with Crippen molar-refractivity contribution in [1.82, 2.24) is 4.90 Å². The van der Waals surface area contributed by atoms with Gasteiger partial charge in [-0.25, -0.2) is 9.18 Å². The number of nitrogens with zero attached hydrogens (tertiary/aromatic N) is 1. The van der Waals surface area contributed by atoms with Crippen LogP contribution in [0.1, 0.15) is 26.3 Å². The second kappa shape index (κ2) is 7.67. The normalized spacial score (nSPS) is 13.9. The van der Waals surface area contributed by atoms with Gasteiger partial charge in [0.25, 0.3) is 11.8 Å². The van der Waals surface area contributed by atoms with Gasteiger partial charge < -0.3 is 4.74 Å². The van der Waals surface area contributed by atoms with Crippen LogP contribution >= 0.6 is 0 Å². The van der Waals surface area contributed by atoms with Gasteiger partial charge in [0, 0.05) is 6.42 Å². The van der Waals surface area contributed by atoms with Gasteiger partial charge in [-0.2, -0.15) is 0 Å². The third-order valence-electron chi connectivity index (χ3n) is 4.73. The topological polar surface area (TPSA) is 63.7 Å². The van der Waals surface area contributed by atoms with Crippen LogP contribution in [-0.4, -0.2) is 28.7 Å². The van der Waals surface area contributed by atoms with Crippen LogP contribution in [0.15, 0.2) is 78.9 Å². The number of ether oxygens (including phenoxy) is 1. The summed E-state index contributed by atoms with van der Waals surface area (Å²) >= 11 is 0. The minimum absolute atomic E-state index is 0.0552. The minimum Gasteiger partial charge on any atom is -0.422 e. The molecule has 0 radical (unpaired) electrons. The summed E-state index contributed by atoms with van der Waals surface area (Å²) in [5, 5.41) is 0. The number of benzene rings is 3. The summed E-state index contributed by atoms with van der Waals surface area (Å²) in [6.45, 7) is 0. The monoisotopic (exact) mass is 389 g/mol. The molecule has 1 atom stereocenters. The Kier molecular flexibility index (Phi) is 4.91. The highest BCUT2D eigenvalue weighted by atomic mass is 19.1. The number of para-hydroxylation sites is 1. The maximum atomic E-state index is 14.0. The summed E-state index contributed by atoms with van der Waals surface area (Å²) in [5.74, 6) is -2.99. The molecule has 3 aromatic carbocycles. The smallest absolute Gasteiger partial charge is 0.335 e. The average Bonchev–Trinajstić information content (AvgIpc) is 2.99. The van der Waals surface area contributed by atoms with Gasteiger partial charge in [0.2, 0.25) is 0 Å². The molecule has 29 heavy (non-hydrogen) atoms. The number of imide groups is 1. The van der Waals surface area contributed by atoms with Crippen LogP contribution in [0.25, 0.3) is 0 Å². The van der Waals surface area contributed by atoms with E-state index in [4.69, 9.17) is 4.74 Å². The lowest BCUT2D eigenvalue weighted by Crippen LogP contribution is -2.48. The predicted octanol–water partition coefficient (Wildman–Crippen LogP) is 3.64. The van der Waals surface area contributed by atoms with E-state index in [1.807, 2.05) is 6.07 Å². The van der Waals surface area contributed by atoms with Crippen molar-refractivity contribution in [1.29, 1.82) is 0 Å². The maximum Gasteiger partial charge on any atom is 0.335 e. The first-order valence-corrected chi connectivity index (χ1v) is 9.03. The van der Waals surface area contributed by atoms with Gasteiger partial charge >= 0.3 is 5.97 Å². The quantitative estimate of drug-likeness (QED) is 0.380. The average molecular weight is 389 g/mol. The van der Waals surface area contributed by atoms with Crippen molar-refractivity contribution in [3.8, 4) is 5.75 Å². The zero-order valence-electron chi connectivity index (χ0n) is 15.2. The Morgan fingerprint density at radius 3 is 2.00 bits per heavy atom. The molecule has 0 saturated carbocycles. The molecule has 0 bridgehead atoms. The number of carbonyl (C=O) groups excluding carboxylic acids is 3. The van der Waals surface area contributed by atoms with E-state index in [0.29, 0.717) is 0 Å². The summed E-state index contributed by atoms with van der Waals surface area (Å²) in [6, 6.07) is 19.6. The molecule has 4 rings (SSSR count). The molecule has 0 N–H and O–H groups in total. The first-order chi connectivity index (χ1) is 14.1. The maximum absolute atomic E-state index is 14.0. The molecule has 6 heteroatoms. The fourth-order valence-corrected chi connectivity index (χ4v) is 3.31. The van der Waals surface area contributed by atoms with Crippen LogP contribution in [0.3, 0.4) is 0 Å². The Labute approximate surface area is 166 Å². The molecule has 0 spiro atoms. The molecule has 0 aliphatic carbocycles. The third kappa shape index (κ3) is 3.52. The molecule has 1 aliphatic heterocycles. The predicted molar refractivity (Wildman–Crippen MR) is 103 cm³/mol. The van der Waals surface area contributed by atoms with Gasteiger partial charge in [-0.15, -0.1) is 0 Å². The van der Waals surface area contributed by atoms with Gasteiger partial charge in [-0.1, -0.05) is 54.6 Å². The molecular weight excluding hydrogens is 373 g/mol. The molecule has 0 unspecified atom stereocenters. The fourth-order valence-electron chi connectivity index (χ4n) is 3.31. The van der Waals surface area contributed by atoms with Crippen molar-refractivity contribution in [3.63, 3.8) is 0 Å². The number of fused-ring (bicyclic) bond motifs is 1. The Hall–Kier alpha value is -3.80. The van der Waals surface area contributed by atoms with E-state index in [9.17, 15) is 18.8 Å². The molecule has 144 valence electrons. The molecule has 0 aromatic heterocycles. The highest BCUT2D eigenvalue weighted by Gasteiger charge is 2.43. The number of carbonyl (C=O) groups is 3. The van der Waals surface area contributed by atoms with Crippen molar-refractivity contribution in [3.05, 3.63) is 101 Å². The molecule has 0 fully saturated rings. The van der Waals surface area contributed by atoms with E-state index in [-0.39, 0.29) is 23.3 Å². The van der Waals surface area contributed by atoms with Gasteiger partial charge in [0.05, 0.1) is 11.1 Å². The standard InChI is InChI=1S/C23H16FNO4/c24-18-12-6-7-13-20(18)29-23(28)19(14-15-8-2-1-3-9-15)25-21(26)16-10-4-5-11-17(16)22(25)27/h1-13,19H,14H2/t19-/m1/s1. The summed E-state index contributed by atoms with van der Waals surface area (Å²) in [7, 11) is 0. The van der Waals surface area contributed by atoms with E-state index in [2.05, 4.69) is 0 Å². The van der Waals surface area contributed by atoms with Gasteiger partial charge in [-0.05, 0) is 29.8 Å².